The van der Waals surface area contributed by atoms with Crippen molar-refractivity contribution < 1.29 is 32.6 Å². The molecule has 11 heteroatoms. The van der Waals surface area contributed by atoms with Crippen LogP contribution in [0.4, 0.5) is 14.5 Å². The van der Waals surface area contributed by atoms with Crippen LogP contribution in [0.1, 0.15) is 10.5 Å². The van der Waals surface area contributed by atoms with Crippen LogP contribution in [0.2, 0.25) is 0 Å². The fourth-order valence-electron chi connectivity index (χ4n) is 2.87. The molecule has 0 aliphatic carbocycles. The highest BCUT2D eigenvalue weighted by Gasteiger charge is 2.43. The highest BCUT2D eigenvalue weighted by atomic mass is 19.3. The number of ether oxygens (including phenoxy) is 3. The second kappa shape index (κ2) is 7.10. The lowest BCUT2D eigenvalue weighted by molar-refractivity contribution is -0.286. The minimum absolute atomic E-state index is 0.120. The lowest BCUT2D eigenvalue weighted by atomic mass is 10.1. The number of fused-ring (bicyclic) bond motifs is 2. The number of hydrogen-bond acceptors (Lipinski definition) is 7. The van der Waals surface area contributed by atoms with Crippen LogP contribution < -0.4 is 20.3 Å². The third-order valence-corrected chi connectivity index (χ3v) is 4.17. The van der Waals surface area contributed by atoms with Gasteiger partial charge in [-0.3, -0.25) is 9.59 Å². The number of aromatic nitrogens is 2. The molecule has 0 saturated carbocycles. The number of nitrogens with zero attached hydrogens (tertiary/aromatic N) is 2. The van der Waals surface area contributed by atoms with Gasteiger partial charge in [-0.05, 0) is 18.2 Å². The van der Waals surface area contributed by atoms with Gasteiger partial charge >= 0.3 is 12.3 Å². The summed E-state index contributed by atoms with van der Waals surface area (Å²) in [6.07, 6.45) is -3.77. The van der Waals surface area contributed by atoms with Crippen LogP contribution in [0.3, 0.4) is 0 Å². The molecule has 1 aliphatic heterocycles. The topological polar surface area (TPSA) is 109 Å². The second-order valence-corrected chi connectivity index (χ2v) is 6.28. The number of carbonyl (C=O) groups is 2. The summed E-state index contributed by atoms with van der Waals surface area (Å²) >= 11 is 0. The number of benzene rings is 2. The maximum Gasteiger partial charge on any atom is 0.586 e. The molecule has 0 atom stereocenters. The third kappa shape index (κ3) is 3.64. The van der Waals surface area contributed by atoms with E-state index in [1.54, 1.807) is 24.3 Å². The first-order valence-electron chi connectivity index (χ1n) is 8.56. The van der Waals surface area contributed by atoms with Crippen molar-refractivity contribution in [2.75, 3.05) is 11.9 Å². The number of nitrogens with one attached hydrogen (secondary N) is 1. The van der Waals surface area contributed by atoms with Crippen molar-refractivity contribution in [2.24, 2.45) is 7.05 Å². The van der Waals surface area contributed by atoms with Gasteiger partial charge in [0.15, 0.2) is 23.8 Å². The molecule has 3 aromatic rings. The van der Waals surface area contributed by atoms with Gasteiger partial charge in [-0.25, -0.2) is 9.48 Å². The summed E-state index contributed by atoms with van der Waals surface area (Å²) in [5, 5.41) is 6.88. The molecule has 2 heterocycles. The van der Waals surface area contributed by atoms with E-state index in [0.717, 1.165) is 10.7 Å². The molecular weight excluding hydrogens is 404 g/mol. The Morgan fingerprint density at radius 1 is 1.13 bits per heavy atom. The van der Waals surface area contributed by atoms with Gasteiger partial charge in [0.1, 0.15) is 0 Å². The Bertz CT molecular complexity index is 1240. The van der Waals surface area contributed by atoms with E-state index in [9.17, 15) is 23.2 Å². The van der Waals surface area contributed by atoms with Crippen LogP contribution in [-0.2, 0) is 16.6 Å². The Morgan fingerprint density at radius 2 is 1.83 bits per heavy atom. The predicted octanol–water partition coefficient (Wildman–Crippen LogP) is 2.05. The van der Waals surface area contributed by atoms with E-state index >= 15 is 0 Å². The van der Waals surface area contributed by atoms with Gasteiger partial charge < -0.3 is 19.5 Å². The quantitative estimate of drug-likeness (QED) is 0.647. The average molecular weight is 417 g/mol. The number of carbonyl (C=O) groups excluding carboxylic acids is 2. The van der Waals surface area contributed by atoms with Crippen molar-refractivity contribution in [2.45, 2.75) is 6.29 Å². The summed E-state index contributed by atoms with van der Waals surface area (Å²) in [5.41, 5.74) is -0.360. The maximum atomic E-state index is 13.0. The van der Waals surface area contributed by atoms with E-state index in [2.05, 4.69) is 19.9 Å². The number of hydrogen-bond donors (Lipinski definition) is 1. The molecular formula is C19H13F2N3O6. The summed E-state index contributed by atoms with van der Waals surface area (Å²) in [4.78, 5) is 36.6. The number of esters is 1. The first-order chi connectivity index (χ1) is 14.2. The minimum atomic E-state index is -3.77. The molecule has 9 nitrogen and oxygen atoms in total. The van der Waals surface area contributed by atoms with Crippen molar-refractivity contribution in [3.05, 3.63) is 58.5 Å². The van der Waals surface area contributed by atoms with Gasteiger partial charge in [0.2, 0.25) is 0 Å². The van der Waals surface area contributed by atoms with Crippen LogP contribution >= 0.6 is 0 Å². The van der Waals surface area contributed by atoms with Gasteiger partial charge in [-0.2, -0.15) is 5.10 Å². The minimum Gasteiger partial charge on any atom is -0.451 e. The second-order valence-electron chi connectivity index (χ2n) is 6.28. The predicted molar refractivity (Wildman–Crippen MR) is 98.5 cm³/mol. The first-order valence-corrected chi connectivity index (χ1v) is 8.56. The molecule has 0 radical (unpaired) electrons. The molecule has 0 saturated heterocycles. The molecule has 4 rings (SSSR count). The van der Waals surface area contributed by atoms with E-state index < -0.39 is 24.8 Å². The Balaban J connectivity index is 1.44. The Labute approximate surface area is 166 Å². The summed E-state index contributed by atoms with van der Waals surface area (Å²) < 4.78 is 40.7. The molecule has 0 fully saturated rings. The molecule has 0 bridgehead atoms. The molecule has 2 aromatic carbocycles. The molecule has 1 amide bonds. The molecule has 30 heavy (non-hydrogen) atoms. The zero-order valence-corrected chi connectivity index (χ0v) is 15.3. The van der Waals surface area contributed by atoms with E-state index in [4.69, 9.17) is 4.74 Å². The molecule has 1 aliphatic rings. The number of halogens is 2. The first kappa shape index (κ1) is 19.3. The normalized spacial score (nSPS) is 13.8. The summed E-state index contributed by atoms with van der Waals surface area (Å²) in [6.45, 7) is -0.664. The monoisotopic (exact) mass is 417 g/mol. The summed E-state index contributed by atoms with van der Waals surface area (Å²) in [6, 6.07) is 10.1. The zero-order valence-electron chi connectivity index (χ0n) is 15.3. The van der Waals surface area contributed by atoms with E-state index in [1.165, 1.54) is 19.2 Å². The molecule has 154 valence electrons. The fourth-order valence-corrected chi connectivity index (χ4v) is 2.87. The van der Waals surface area contributed by atoms with Crippen molar-refractivity contribution in [3.63, 3.8) is 0 Å². The van der Waals surface area contributed by atoms with Crippen molar-refractivity contribution >= 4 is 28.3 Å². The number of alkyl halides is 2. The molecule has 1 N–H and O–H groups in total. The van der Waals surface area contributed by atoms with Gasteiger partial charge in [-0.1, -0.05) is 18.2 Å². The van der Waals surface area contributed by atoms with E-state index in [1.807, 2.05) is 0 Å². The summed E-state index contributed by atoms with van der Waals surface area (Å²) in [5.74, 6) is -2.03. The van der Waals surface area contributed by atoms with Crippen molar-refractivity contribution in [1.82, 2.24) is 9.78 Å². The van der Waals surface area contributed by atoms with Gasteiger partial charge in [0.05, 0.1) is 5.39 Å². The Hall–Kier alpha value is -4.02. The maximum absolute atomic E-state index is 13.0. The summed E-state index contributed by atoms with van der Waals surface area (Å²) in [7, 11) is 1.39. The number of rotatable bonds is 4. The van der Waals surface area contributed by atoms with Crippen LogP contribution in [0.15, 0.2) is 47.3 Å². The number of amides is 1. The fraction of sp³-hybridized carbons (Fsp3) is 0.158. The van der Waals surface area contributed by atoms with E-state index in [-0.39, 0.29) is 33.8 Å². The van der Waals surface area contributed by atoms with Gasteiger partial charge in [0, 0.05) is 24.2 Å². The number of aryl methyl sites for hydroxylation is 1. The SMILES string of the molecule is Cn1nc(C(=O)OCC(=O)Nc2ccc3c(c2)OC(F)(F)O3)c2ccccc2c1=O. The smallest absolute Gasteiger partial charge is 0.451 e. The third-order valence-electron chi connectivity index (χ3n) is 4.17. The molecule has 1 aromatic heterocycles. The van der Waals surface area contributed by atoms with Crippen LogP contribution in [-0.4, -0.2) is 34.6 Å². The lowest BCUT2D eigenvalue weighted by Crippen LogP contribution is -2.26. The standard InChI is InChI=1S/C19H13F2N3O6/c1-24-17(26)12-5-3-2-4-11(12)16(23-24)18(27)28-9-15(25)22-10-6-7-13-14(8-10)30-19(20,21)29-13/h2-8H,9H2,1H3,(H,22,25). The average Bonchev–Trinajstić information content (AvgIpc) is 3.02. The van der Waals surface area contributed by atoms with E-state index in [0.29, 0.717) is 5.39 Å². The van der Waals surface area contributed by atoms with Crippen LogP contribution in [0, 0.1) is 0 Å². The van der Waals surface area contributed by atoms with Crippen molar-refractivity contribution in [3.8, 4) is 11.5 Å². The lowest BCUT2D eigenvalue weighted by Gasteiger charge is -2.09. The van der Waals surface area contributed by atoms with Crippen LogP contribution in [0.25, 0.3) is 10.8 Å². The highest BCUT2D eigenvalue weighted by molar-refractivity contribution is 6.03. The zero-order chi connectivity index (χ0) is 21.5. The largest absolute Gasteiger partial charge is 0.586 e. The Kier molecular flexibility index (Phi) is 4.57. The molecule has 0 spiro atoms. The van der Waals surface area contributed by atoms with Gasteiger partial charge in [-0.15, -0.1) is 8.78 Å². The Morgan fingerprint density at radius 3 is 2.60 bits per heavy atom. The molecule has 0 unspecified atom stereocenters. The highest BCUT2D eigenvalue weighted by Crippen LogP contribution is 2.42. The van der Waals surface area contributed by atoms with Crippen LogP contribution in [0.5, 0.6) is 11.5 Å². The number of anilines is 1. The van der Waals surface area contributed by atoms with Gasteiger partial charge in [0.25, 0.3) is 11.5 Å². The van der Waals surface area contributed by atoms with Crippen molar-refractivity contribution in [1.29, 1.82) is 0 Å².